The van der Waals surface area contributed by atoms with Gasteiger partial charge in [-0.2, -0.15) is 0 Å². The molecule has 2 aromatic carbocycles. The number of nitrogens with two attached hydrogens (primary N) is 1. The molecule has 174 valence electrons. The van der Waals surface area contributed by atoms with E-state index < -0.39 is 11.5 Å². The van der Waals surface area contributed by atoms with Crippen LogP contribution in [0.1, 0.15) is 41.8 Å². The molecule has 0 aromatic heterocycles. The lowest BCUT2D eigenvalue weighted by molar-refractivity contribution is -0.138. The maximum atomic E-state index is 13.7. The van der Waals surface area contributed by atoms with E-state index in [1.807, 2.05) is 0 Å². The molecule has 0 bridgehead atoms. The van der Waals surface area contributed by atoms with Gasteiger partial charge in [-0.25, -0.2) is 0 Å². The molecule has 32 heavy (non-hydrogen) atoms. The Morgan fingerprint density at radius 3 is 2.41 bits per heavy atom. The van der Waals surface area contributed by atoms with E-state index in [1.165, 1.54) is 11.0 Å². The van der Waals surface area contributed by atoms with Crippen molar-refractivity contribution < 1.29 is 14.3 Å². The van der Waals surface area contributed by atoms with Crippen LogP contribution in [0.5, 0.6) is 0 Å². The monoisotopic (exact) mass is 499 g/mol. The number of halogens is 3. The van der Waals surface area contributed by atoms with Crippen LogP contribution in [0.4, 0.5) is 5.69 Å². The van der Waals surface area contributed by atoms with Gasteiger partial charge in [0.2, 0.25) is 11.5 Å². The minimum absolute atomic E-state index is 0. The molecule has 2 N–H and O–H groups in total. The van der Waals surface area contributed by atoms with E-state index in [9.17, 15) is 9.59 Å². The SMILES string of the molecule is CCN(CC)CCCOC1(c2ccccc2Cl)C(=O)N(C)c2cc(C(N)=O)cc(Cl)c21.Cl. The molecule has 3 rings (SSSR count). The highest BCUT2D eigenvalue weighted by atomic mass is 35.5. The Hall–Kier alpha value is -1.83. The summed E-state index contributed by atoms with van der Waals surface area (Å²) in [5.74, 6) is -0.942. The predicted octanol–water partition coefficient (Wildman–Crippen LogP) is 4.48. The number of carbonyl (C=O) groups is 2. The number of nitrogens with zero attached hydrogens (tertiary/aromatic N) is 2. The summed E-state index contributed by atoms with van der Waals surface area (Å²) in [6.45, 7) is 7.27. The summed E-state index contributed by atoms with van der Waals surface area (Å²) in [4.78, 5) is 29.2. The second-order valence-electron chi connectivity index (χ2n) is 7.47. The summed E-state index contributed by atoms with van der Waals surface area (Å²) in [5.41, 5.74) is 5.65. The van der Waals surface area contributed by atoms with Crippen molar-refractivity contribution in [2.75, 3.05) is 38.2 Å². The van der Waals surface area contributed by atoms with Crippen LogP contribution in [0.15, 0.2) is 36.4 Å². The Kier molecular flexibility index (Phi) is 8.97. The number of amides is 2. The minimum Gasteiger partial charge on any atom is -0.366 e. The molecule has 1 heterocycles. The van der Waals surface area contributed by atoms with Crippen LogP contribution in [0.3, 0.4) is 0 Å². The second kappa shape index (κ2) is 10.9. The highest BCUT2D eigenvalue weighted by Gasteiger charge is 2.54. The zero-order valence-electron chi connectivity index (χ0n) is 18.4. The number of rotatable bonds is 9. The average Bonchev–Trinajstić information content (AvgIpc) is 2.97. The number of primary amides is 1. The maximum absolute atomic E-state index is 13.7. The fourth-order valence-electron chi connectivity index (χ4n) is 4.06. The van der Waals surface area contributed by atoms with Crippen molar-refractivity contribution in [3.05, 3.63) is 63.1 Å². The Morgan fingerprint density at radius 1 is 1.16 bits per heavy atom. The third-order valence-corrected chi connectivity index (χ3v) is 6.39. The standard InChI is InChI=1S/C23H27Cl2N3O3.ClH/c1-4-28(5-2)11-8-12-31-23(16-9-6-7-10-17(16)24)20-18(25)13-15(21(26)29)14-19(20)27(3)22(23)30;/h6-7,9-10,13-14H,4-5,8,11-12H2,1-3H3,(H2,26,29);1H. The third kappa shape index (κ3) is 4.61. The van der Waals surface area contributed by atoms with Gasteiger partial charge in [0.05, 0.1) is 17.3 Å². The van der Waals surface area contributed by atoms with Crippen molar-refractivity contribution in [1.29, 1.82) is 0 Å². The highest BCUT2D eigenvalue weighted by molar-refractivity contribution is 6.35. The zero-order chi connectivity index (χ0) is 22.8. The summed E-state index contributed by atoms with van der Waals surface area (Å²) in [5, 5.41) is 0.628. The van der Waals surface area contributed by atoms with Crippen molar-refractivity contribution in [2.24, 2.45) is 5.73 Å². The van der Waals surface area contributed by atoms with Gasteiger partial charge >= 0.3 is 0 Å². The van der Waals surface area contributed by atoms with Crippen molar-refractivity contribution >= 4 is 53.1 Å². The molecule has 6 nitrogen and oxygen atoms in total. The van der Waals surface area contributed by atoms with E-state index in [1.54, 1.807) is 37.4 Å². The van der Waals surface area contributed by atoms with E-state index in [0.29, 0.717) is 28.4 Å². The molecule has 0 fully saturated rings. The van der Waals surface area contributed by atoms with E-state index >= 15 is 0 Å². The Bertz CT molecular complexity index is 998. The molecular formula is C23H28Cl3N3O3. The highest BCUT2D eigenvalue weighted by Crippen LogP contribution is 2.51. The van der Waals surface area contributed by atoms with Gasteiger partial charge in [-0.15, -0.1) is 12.4 Å². The first-order chi connectivity index (χ1) is 14.8. The van der Waals surface area contributed by atoms with Crippen LogP contribution in [-0.4, -0.2) is 50.0 Å². The van der Waals surface area contributed by atoms with Crippen molar-refractivity contribution in [3.8, 4) is 0 Å². The molecule has 0 radical (unpaired) electrons. The first-order valence-electron chi connectivity index (χ1n) is 10.3. The number of benzene rings is 2. The molecule has 2 aromatic rings. The smallest absolute Gasteiger partial charge is 0.268 e. The van der Waals surface area contributed by atoms with Gasteiger partial charge in [-0.3, -0.25) is 9.59 Å². The number of anilines is 1. The van der Waals surface area contributed by atoms with E-state index in [4.69, 9.17) is 33.7 Å². The van der Waals surface area contributed by atoms with Crippen LogP contribution in [0, 0.1) is 0 Å². The molecule has 1 aliphatic heterocycles. The summed E-state index contributed by atoms with van der Waals surface area (Å²) < 4.78 is 6.38. The Balaban J connectivity index is 0.00000363. The van der Waals surface area contributed by atoms with E-state index in [0.717, 1.165) is 26.1 Å². The van der Waals surface area contributed by atoms with Crippen molar-refractivity contribution in [3.63, 3.8) is 0 Å². The quantitative estimate of drug-likeness (QED) is 0.515. The Labute approximate surface area is 205 Å². The van der Waals surface area contributed by atoms with Crippen LogP contribution >= 0.6 is 35.6 Å². The number of carbonyl (C=O) groups excluding carboxylic acids is 2. The molecule has 1 atom stereocenters. The fraction of sp³-hybridized carbons (Fsp3) is 0.391. The molecule has 0 aliphatic carbocycles. The van der Waals surface area contributed by atoms with E-state index in [-0.39, 0.29) is 28.9 Å². The number of hydrogen-bond donors (Lipinski definition) is 1. The summed E-state index contributed by atoms with van der Waals surface area (Å²) in [6.07, 6.45) is 0.733. The lowest BCUT2D eigenvalue weighted by Gasteiger charge is -2.31. The van der Waals surface area contributed by atoms with Gasteiger partial charge in [0, 0.05) is 35.3 Å². The zero-order valence-corrected chi connectivity index (χ0v) is 20.7. The summed E-state index contributed by atoms with van der Waals surface area (Å²) in [7, 11) is 1.63. The van der Waals surface area contributed by atoms with Gasteiger partial charge in [-0.1, -0.05) is 55.2 Å². The molecule has 0 spiro atoms. The Morgan fingerprint density at radius 2 is 1.81 bits per heavy atom. The molecular weight excluding hydrogens is 473 g/mol. The number of ether oxygens (including phenoxy) is 1. The largest absolute Gasteiger partial charge is 0.366 e. The topological polar surface area (TPSA) is 75.9 Å². The van der Waals surface area contributed by atoms with Gasteiger partial charge in [-0.05, 0) is 37.7 Å². The normalized spacial score (nSPS) is 17.4. The van der Waals surface area contributed by atoms with Crippen LogP contribution in [0.2, 0.25) is 10.0 Å². The fourth-order valence-corrected chi connectivity index (χ4v) is 4.68. The molecule has 9 heteroatoms. The number of hydrogen-bond acceptors (Lipinski definition) is 4. The molecule has 1 aliphatic rings. The maximum Gasteiger partial charge on any atom is 0.268 e. The average molecular weight is 501 g/mol. The van der Waals surface area contributed by atoms with Crippen molar-refractivity contribution in [2.45, 2.75) is 25.9 Å². The van der Waals surface area contributed by atoms with Crippen LogP contribution in [0.25, 0.3) is 0 Å². The molecule has 0 saturated carbocycles. The second-order valence-corrected chi connectivity index (χ2v) is 8.28. The van der Waals surface area contributed by atoms with Crippen LogP contribution in [-0.2, 0) is 15.1 Å². The summed E-state index contributed by atoms with van der Waals surface area (Å²) in [6, 6.07) is 10.1. The van der Waals surface area contributed by atoms with Gasteiger partial charge in [0.1, 0.15) is 0 Å². The lowest BCUT2D eigenvalue weighted by Crippen LogP contribution is -2.43. The first-order valence-corrected chi connectivity index (χ1v) is 11.1. The molecule has 2 amide bonds. The van der Waals surface area contributed by atoms with Crippen LogP contribution < -0.4 is 10.6 Å². The lowest BCUT2D eigenvalue weighted by atomic mass is 9.86. The number of fused-ring (bicyclic) bond motifs is 1. The van der Waals surface area contributed by atoms with Gasteiger partial charge in [0.25, 0.3) is 5.91 Å². The van der Waals surface area contributed by atoms with Gasteiger partial charge < -0.3 is 20.3 Å². The van der Waals surface area contributed by atoms with Crippen molar-refractivity contribution in [1.82, 2.24) is 4.90 Å². The molecule has 1 unspecified atom stereocenters. The third-order valence-electron chi connectivity index (χ3n) is 5.76. The van der Waals surface area contributed by atoms with E-state index in [2.05, 4.69) is 18.7 Å². The minimum atomic E-state index is -1.50. The summed E-state index contributed by atoms with van der Waals surface area (Å²) >= 11 is 13.2. The molecule has 0 saturated heterocycles. The number of likely N-dealkylation sites (N-methyl/N-ethyl adjacent to an activating group) is 1. The van der Waals surface area contributed by atoms with Gasteiger partial charge in [0.15, 0.2) is 0 Å². The predicted molar refractivity (Wildman–Crippen MR) is 131 cm³/mol. The first kappa shape index (κ1) is 26.4.